The first-order valence-corrected chi connectivity index (χ1v) is 8.08. The van der Waals surface area contributed by atoms with Crippen LogP contribution in [-0.4, -0.2) is 26.3 Å². The van der Waals surface area contributed by atoms with Gasteiger partial charge in [-0.3, -0.25) is 0 Å². The van der Waals surface area contributed by atoms with Crippen LogP contribution in [0.4, 0.5) is 0 Å². The fraction of sp³-hybridized carbons (Fsp3) is 0.462. The Balaban J connectivity index is 2.18. The van der Waals surface area contributed by atoms with Gasteiger partial charge < -0.3 is 4.57 Å². The molecule has 0 radical (unpaired) electrons. The Bertz CT molecular complexity index is 653. The van der Waals surface area contributed by atoms with Gasteiger partial charge in [-0.25, -0.2) is 15.0 Å². The molecule has 4 nitrogen and oxygen atoms in total. The molecule has 0 spiro atoms. The minimum absolute atomic E-state index is 0.113. The predicted molar refractivity (Wildman–Crippen MR) is 72.8 cm³/mol. The molecule has 2 aromatic rings. The van der Waals surface area contributed by atoms with Gasteiger partial charge in [-0.2, -0.15) is 0 Å². The van der Waals surface area contributed by atoms with Crippen molar-refractivity contribution in [2.24, 2.45) is 0 Å². The van der Waals surface area contributed by atoms with Crippen LogP contribution in [0, 0.1) is 0 Å². The van der Waals surface area contributed by atoms with E-state index in [0.29, 0.717) is 5.65 Å². The van der Waals surface area contributed by atoms with E-state index in [9.17, 15) is 4.57 Å². The van der Waals surface area contributed by atoms with Crippen molar-refractivity contribution in [1.82, 2.24) is 15.0 Å². The fourth-order valence-corrected chi connectivity index (χ4v) is 6.04. The zero-order valence-corrected chi connectivity index (χ0v) is 11.5. The molecule has 0 amide bonds. The molecule has 94 valence electrons. The van der Waals surface area contributed by atoms with Crippen molar-refractivity contribution in [3.8, 4) is 0 Å². The van der Waals surface area contributed by atoms with Gasteiger partial charge in [0, 0.05) is 34.4 Å². The zero-order chi connectivity index (χ0) is 12.8. The normalized spacial score (nSPS) is 26.6. The third-order valence-corrected chi connectivity index (χ3v) is 8.20. The van der Waals surface area contributed by atoms with E-state index in [0.717, 1.165) is 29.7 Å². The maximum absolute atomic E-state index is 13.2. The Hall–Kier alpha value is -1.28. The van der Waals surface area contributed by atoms with Crippen LogP contribution < -0.4 is 5.30 Å². The maximum Gasteiger partial charge on any atom is 0.162 e. The average Bonchev–Trinajstić information content (AvgIpc) is 2.64. The summed E-state index contributed by atoms with van der Waals surface area (Å²) in [5.74, 6) is 0. The first kappa shape index (κ1) is 11.8. The molecule has 18 heavy (non-hydrogen) atoms. The van der Waals surface area contributed by atoms with Crippen molar-refractivity contribution < 1.29 is 4.57 Å². The summed E-state index contributed by atoms with van der Waals surface area (Å²) in [5.41, 5.74) is 0.664. The Morgan fingerprint density at radius 1 is 1.28 bits per heavy atom. The van der Waals surface area contributed by atoms with Gasteiger partial charge >= 0.3 is 0 Å². The highest BCUT2D eigenvalue weighted by atomic mass is 31.2. The van der Waals surface area contributed by atoms with E-state index in [-0.39, 0.29) is 5.16 Å². The molecule has 1 unspecified atom stereocenters. The number of rotatable bonds is 1. The first-order valence-electron chi connectivity index (χ1n) is 6.18. The molecule has 3 rings (SSSR count). The third kappa shape index (κ3) is 1.59. The van der Waals surface area contributed by atoms with Gasteiger partial charge in [0.1, 0.15) is 13.5 Å². The summed E-state index contributed by atoms with van der Waals surface area (Å²) in [7, 11) is -2.35. The van der Waals surface area contributed by atoms with E-state index in [4.69, 9.17) is 0 Å². The van der Waals surface area contributed by atoms with Gasteiger partial charge in [-0.05, 0) is 18.9 Å². The van der Waals surface area contributed by atoms with Crippen molar-refractivity contribution >= 4 is 23.5 Å². The van der Waals surface area contributed by atoms with Crippen LogP contribution in [0.25, 0.3) is 11.0 Å². The van der Waals surface area contributed by atoms with E-state index < -0.39 is 7.14 Å². The minimum atomic E-state index is -2.35. The smallest absolute Gasteiger partial charge is 0.162 e. The van der Waals surface area contributed by atoms with Crippen LogP contribution in [0.5, 0.6) is 0 Å². The van der Waals surface area contributed by atoms with E-state index in [1.807, 2.05) is 6.07 Å². The van der Waals surface area contributed by atoms with Gasteiger partial charge in [0.25, 0.3) is 0 Å². The average molecular weight is 261 g/mol. The summed E-state index contributed by atoms with van der Waals surface area (Å²) in [6.45, 7) is 4.21. The Labute approximate surface area is 106 Å². The molecule has 5 heteroatoms. The SMILES string of the molecule is CC1(C)CCCP1(=O)c1cnc2ncncc2c1. The molecule has 0 N–H and O–H groups in total. The van der Waals surface area contributed by atoms with Crippen LogP contribution in [0.15, 0.2) is 24.8 Å². The van der Waals surface area contributed by atoms with Crippen LogP contribution in [0.3, 0.4) is 0 Å². The van der Waals surface area contributed by atoms with Crippen molar-refractivity contribution in [2.75, 3.05) is 6.16 Å². The Morgan fingerprint density at radius 3 is 2.83 bits per heavy atom. The molecular weight excluding hydrogens is 245 g/mol. The summed E-state index contributed by atoms with van der Waals surface area (Å²) >= 11 is 0. The van der Waals surface area contributed by atoms with Crippen molar-refractivity contribution in [3.63, 3.8) is 0 Å². The van der Waals surface area contributed by atoms with Gasteiger partial charge in [-0.15, -0.1) is 0 Å². The molecule has 0 aliphatic carbocycles. The second-order valence-electron chi connectivity index (χ2n) is 5.51. The molecule has 0 aromatic carbocycles. The monoisotopic (exact) mass is 261 g/mol. The summed E-state index contributed by atoms with van der Waals surface area (Å²) in [6, 6.07) is 1.95. The largest absolute Gasteiger partial charge is 0.318 e. The molecule has 1 atom stereocenters. The van der Waals surface area contributed by atoms with Crippen LogP contribution >= 0.6 is 7.14 Å². The number of hydrogen-bond donors (Lipinski definition) is 0. The highest BCUT2D eigenvalue weighted by Crippen LogP contribution is 2.63. The lowest BCUT2D eigenvalue weighted by molar-refractivity contribution is 0.555. The molecule has 0 saturated carbocycles. The number of aromatic nitrogens is 3. The zero-order valence-electron chi connectivity index (χ0n) is 10.6. The van der Waals surface area contributed by atoms with Gasteiger partial charge in [-0.1, -0.05) is 13.8 Å². The topological polar surface area (TPSA) is 55.7 Å². The van der Waals surface area contributed by atoms with Gasteiger partial charge in [0.2, 0.25) is 0 Å². The second-order valence-corrected chi connectivity index (χ2v) is 9.16. The highest BCUT2D eigenvalue weighted by Gasteiger charge is 2.45. The number of fused-ring (bicyclic) bond motifs is 1. The van der Waals surface area contributed by atoms with E-state index in [2.05, 4.69) is 28.8 Å². The Kier molecular flexibility index (Phi) is 2.53. The number of nitrogens with zero attached hydrogens (tertiary/aromatic N) is 3. The van der Waals surface area contributed by atoms with Crippen LogP contribution in [-0.2, 0) is 4.57 Å². The third-order valence-electron chi connectivity index (χ3n) is 4.00. The van der Waals surface area contributed by atoms with Crippen molar-refractivity contribution in [2.45, 2.75) is 31.8 Å². The highest BCUT2D eigenvalue weighted by molar-refractivity contribution is 7.73. The molecule has 0 bridgehead atoms. The van der Waals surface area contributed by atoms with Gasteiger partial charge in [0.15, 0.2) is 5.65 Å². The second kappa shape index (κ2) is 3.86. The molecule has 1 aliphatic rings. The van der Waals surface area contributed by atoms with Crippen LogP contribution in [0.2, 0.25) is 0 Å². The summed E-state index contributed by atoms with van der Waals surface area (Å²) in [4.78, 5) is 12.4. The predicted octanol–water partition coefficient (Wildman–Crippen LogP) is 2.59. The lowest BCUT2D eigenvalue weighted by Crippen LogP contribution is -2.22. The standard InChI is InChI=1S/C13H16N3OP/c1-13(2)4-3-5-18(13,17)11-6-10-7-14-9-16-12(10)15-8-11/h6-9H,3-5H2,1-2H3. The molecule has 2 aromatic heterocycles. The molecule has 3 heterocycles. The van der Waals surface area contributed by atoms with E-state index in [1.54, 1.807) is 12.4 Å². The number of pyridine rings is 1. The van der Waals surface area contributed by atoms with E-state index >= 15 is 0 Å². The minimum Gasteiger partial charge on any atom is -0.318 e. The summed E-state index contributed by atoms with van der Waals surface area (Å²) in [5, 5.41) is 1.64. The lowest BCUT2D eigenvalue weighted by atomic mass is 10.1. The van der Waals surface area contributed by atoms with Gasteiger partial charge in [0.05, 0.1) is 0 Å². The van der Waals surface area contributed by atoms with E-state index in [1.165, 1.54) is 6.33 Å². The van der Waals surface area contributed by atoms with Crippen molar-refractivity contribution in [3.05, 3.63) is 24.8 Å². The molecular formula is C13H16N3OP. The quantitative estimate of drug-likeness (QED) is 0.740. The number of hydrogen-bond acceptors (Lipinski definition) is 4. The maximum atomic E-state index is 13.2. The summed E-state index contributed by atoms with van der Waals surface area (Å²) in [6.07, 6.45) is 7.80. The van der Waals surface area contributed by atoms with Crippen LogP contribution in [0.1, 0.15) is 26.7 Å². The first-order chi connectivity index (χ1) is 8.53. The summed E-state index contributed by atoms with van der Waals surface area (Å²) < 4.78 is 13.2. The van der Waals surface area contributed by atoms with Crippen molar-refractivity contribution in [1.29, 1.82) is 0 Å². The fourth-order valence-electron chi connectivity index (χ4n) is 2.76. The molecule has 1 aliphatic heterocycles. The lowest BCUT2D eigenvalue weighted by Gasteiger charge is -2.27. The molecule has 1 saturated heterocycles. The molecule has 1 fully saturated rings. The Morgan fingerprint density at radius 2 is 2.11 bits per heavy atom.